The molecule has 1 amide bonds. The van der Waals surface area contributed by atoms with Crippen LogP contribution in [0.15, 0.2) is 28.7 Å². The van der Waals surface area contributed by atoms with Gasteiger partial charge in [0, 0.05) is 22.7 Å². The van der Waals surface area contributed by atoms with Gasteiger partial charge in [0.1, 0.15) is 5.82 Å². The SMILES string of the molecule is CC(C)CCNC(=O)/C=C/c1cc(Br)ccc1F. The van der Waals surface area contributed by atoms with Crippen molar-refractivity contribution in [3.05, 3.63) is 40.1 Å². The van der Waals surface area contributed by atoms with Crippen molar-refractivity contribution >= 4 is 27.9 Å². The zero-order chi connectivity index (χ0) is 13.5. The first-order valence-electron chi connectivity index (χ1n) is 5.90. The molecule has 0 aliphatic rings. The lowest BCUT2D eigenvalue weighted by atomic mass is 10.1. The van der Waals surface area contributed by atoms with Crippen LogP contribution >= 0.6 is 15.9 Å². The van der Waals surface area contributed by atoms with Gasteiger partial charge in [-0.05, 0) is 36.6 Å². The monoisotopic (exact) mass is 313 g/mol. The number of carbonyl (C=O) groups is 1. The second kappa shape index (κ2) is 7.31. The Bertz CT molecular complexity index is 443. The summed E-state index contributed by atoms with van der Waals surface area (Å²) in [5.74, 6) is 0.0104. The Kier molecular flexibility index (Phi) is 6.05. The molecule has 0 spiro atoms. The van der Waals surface area contributed by atoms with E-state index < -0.39 is 0 Å². The van der Waals surface area contributed by atoms with E-state index in [-0.39, 0.29) is 11.7 Å². The van der Waals surface area contributed by atoms with Crippen LogP contribution in [0.3, 0.4) is 0 Å². The van der Waals surface area contributed by atoms with Crippen LogP contribution < -0.4 is 5.32 Å². The normalized spacial score (nSPS) is 11.2. The van der Waals surface area contributed by atoms with Crippen molar-refractivity contribution in [3.8, 4) is 0 Å². The van der Waals surface area contributed by atoms with Crippen LogP contribution in [-0.4, -0.2) is 12.5 Å². The molecule has 0 atom stereocenters. The van der Waals surface area contributed by atoms with E-state index in [1.54, 1.807) is 12.1 Å². The largest absolute Gasteiger partial charge is 0.353 e. The Morgan fingerprint density at radius 1 is 1.50 bits per heavy atom. The van der Waals surface area contributed by atoms with Crippen molar-refractivity contribution in [1.82, 2.24) is 5.32 Å². The minimum Gasteiger partial charge on any atom is -0.353 e. The van der Waals surface area contributed by atoms with Gasteiger partial charge in [0.25, 0.3) is 0 Å². The van der Waals surface area contributed by atoms with Gasteiger partial charge in [-0.2, -0.15) is 0 Å². The number of amides is 1. The number of hydrogen-bond acceptors (Lipinski definition) is 1. The summed E-state index contributed by atoms with van der Waals surface area (Å²) in [5.41, 5.74) is 0.392. The van der Waals surface area contributed by atoms with Gasteiger partial charge >= 0.3 is 0 Å². The Morgan fingerprint density at radius 3 is 2.89 bits per heavy atom. The molecule has 0 unspecified atom stereocenters. The minimum atomic E-state index is -0.343. The van der Waals surface area contributed by atoms with Crippen LogP contribution in [0.25, 0.3) is 6.08 Å². The highest BCUT2D eigenvalue weighted by atomic mass is 79.9. The fourth-order valence-corrected chi connectivity index (χ4v) is 1.73. The lowest BCUT2D eigenvalue weighted by Crippen LogP contribution is -2.23. The molecule has 0 saturated carbocycles. The summed E-state index contributed by atoms with van der Waals surface area (Å²) in [5, 5.41) is 2.76. The molecule has 0 radical (unpaired) electrons. The van der Waals surface area contributed by atoms with E-state index in [0.717, 1.165) is 10.9 Å². The highest BCUT2D eigenvalue weighted by molar-refractivity contribution is 9.10. The Balaban J connectivity index is 2.53. The number of hydrogen-bond donors (Lipinski definition) is 1. The third kappa shape index (κ3) is 5.45. The molecule has 1 aromatic carbocycles. The first kappa shape index (κ1) is 14.9. The summed E-state index contributed by atoms with van der Waals surface area (Å²) in [6.45, 7) is 4.83. The fourth-order valence-electron chi connectivity index (χ4n) is 1.35. The van der Waals surface area contributed by atoms with Crippen molar-refractivity contribution < 1.29 is 9.18 Å². The van der Waals surface area contributed by atoms with Crippen LogP contribution in [0.5, 0.6) is 0 Å². The third-order valence-corrected chi connectivity index (χ3v) is 2.89. The lowest BCUT2D eigenvalue weighted by molar-refractivity contribution is -0.116. The molecule has 1 aromatic rings. The second-order valence-corrected chi connectivity index (χ2v) is 5.39. The molecule has 0 saturated heterocycles. The minimum absolute atomic E-state index is 0.199. The molecule has 4 heteroatoms. The lowest BCUT2D eigenvalue weighted by Gasteiger charge is -2.04. The van der Waals surface area contributed by atoms with E-state index in [2.05, 4.69) is 35.1 Å². The zero-order valence-corrected chi connectivity index (χ0v) is 12.1. The van der Waals surface area contributed by atoms with Crippen LogP contribution in [0.2, 0.25) is 0 Å². The number of nitrogens with one attached hydrogen (secondary N) is 1. The van der Waals surface area contributed by atoms with Gasteiger partial charge in [0.05, 0.1) is 0 Å². The molecule has 98 valence electrons. The number of carbonyl (C=O) groups excluding carboxylic acids is 1. The molecule has 0 aliphatic carbocycles. The van der Waals surface area contributed by atoms with Gasteiger partial charge in [0.2, 0.25) is 5.91 Å². The molecule has 0 fully saturated rings. The highest BCUT2D eigenvalue weighted by Crippen LogP contribution is 2.16. The van der Waals surface area contributed by atoms with Crippen molar-refractivity contribution in [2.24, 2.45) is 5.92 Å². The zero-order valence-electron chi connectivity index (χ0n) is 10.5. The molecule has 1 rings (SSSR count). The summed E-state index contributed by atoms with van der Waals surface area (Å²) in [4.78, 5) is 11.5. The van der Waals surface area contributed by atoms with Gasteiger partial charge in [-0.25, -0.2) is 4.39 Å². The van der Waals surface area contributed by atoms with Crippen molar-refractivity contribution in [3.63, 3.8) is 0 Å². The first-order chi connectivity index (χ1) is 8.49. The van der Waals surface area contributed by atoms with E-state index in [1.807, 2.05) is 0 Å². The Hall–Kier alpha value is -1.16. The van der Waals surface area contributed by atoms with Gasteiger partial charge < -0.3 is 5.32 Å². The first-order valence-corrected chi connectivity index (χ1v) is 6.69. The fraction of sp³-hybridized carbons (Fsp3) is 0.357. The van der Waals surface area contributed by atoms with E-state index in [0.29, 0.717) is 18.0 Å². The number of rotatable bonds is 5. The number of halogens is 2. The van der Waals surface area contributed by atoms with Gasteiger partial charge in [0.15, 0.2) is 0 Å². The molecule has 18 heavy (non-hydrogen) atoms. The maximum absolute atomic E-state index is 13.4. The highest BCUT2D eigenvalue weighted by Gasteiger charge is 2.01. The van der Waals surface area contributed by atoms with E-state index in [4.69, 9.17) is 0 Å². The van der Waals surface area contributed by atoms with E-state index in [9.17, 15) is 9.18 Å². The molecular formula is C14H17BrFNO. The van der Waals surface area contributed by atoms with Crippen LogP contribution in [0.4, 0.5) is 4.39 Å². The summed E-state index contributed by atoms with van der Waals surface area (Å²) >= 11 is 3.26. The second-order valence-electron chi connectivity index (χ2n) is 4.47. The summed E-state index contributed by atoms with van der Waals surface area (Å²) in [6.07, 6.45) is 3.76. The Morgan fingerprint density at radius 2 is 2.22 bits per heavy atom. The quantitative estimate of drug-likeness (QED) is 0.824. The smallest absolute Gasteiger partial charge is 0.244 e. The van der Waals surface area contributed by atoms with E-state index >= 15 is 0 Å². The van der Waals surface area contributed by atoms with Crippen molar-refractivity contribution in [1.29, 1.82) is 0 Å². The topological polar surface area (TPSA) is 29.1 Å². The maximum Gasteiger partial charge on any atom is 0.244 e. The van der Waals surface area contributed by atoms with Crippen LogP contribution in [0, 0.1) is 11.7 Å². The third-order valence-electron chi connectivity index (χ3n) is 2.39. The van der Waals surface area contributed by atoms with Crippen LogP contribution in [0.1, 0.15) is 25.8 Å². The molecule has 2 nitrogen and oxygen atoms in total. The molecule has 0 heterocycles. The molecule has 0 bridgehead atoms. The molecule has 0 aliphatic heterocycles. The average Bonchev–Trinajstić information content (AvgIpc) is 2.30. The maximum atomic E-state index is 13.4. The molecule has 1 N–H and O–H groups in total. The standard InChI is InChI=1S/C14H17BrFNO/c1-10(2)7-8-17-14(18)6-3-11-9-12(15)4-5-13(11)16/h3-6,9-10H,7-8H2,1-2H3,(H,17,18)/b6-3+. The number of benzene rings is 1. The summed E-state index contributed by atoms with van der Waals surface area (Å²) in [6, 6.07) is 4.61. The summed E-state index contributed by atoms with van der Waals surface area (Å²) < 4.78 is 14.2. The summed E-state index contributed by atoms with van der Waals surface area (Å²) in [7, 11) is 0. The molecule has 0 aromatic heterocycles. The average molecular weight is 314 g/mol. The van der Waals surface area contributed by atoms with Gasteiger partial charge in [-0.15, -0.1) is 0 Å². The predicted octanol–water partition coefficient (Wildman–Crippen LogP) is 3.76. The van der Waals surface area contributed by atoms with E-state index in [1.165, 1.54) is 18.2 Å². The van der Waals surface area contributed by atoms with Crippen molar-refractivity contribution in [2.45, 2.75) is 20.3 Å². The van der Waals surface area contributed by atoms with Gasteiger partial charge in [-0.3, -0.25) is 4.79 Å². The predicted molar refractivity (Wildman–Crippen MR) is 75.6 cm³/mol. The van der Waals surface area contributed by atoms with Crippen LogP contribution in [-0.2, 0) is 4.79 Å². The van der Waals surface area contributed by atoms with Crippen molar-refractivity contribution in [2.75, 3.05) is 6.54 Å². The van der Waals surface area contributed by atoms with Gasteiger partial charge in [-0.1, -0.05) is 29.8 Å². The Labute approximate surface area is 115 Å². The molecular weight excluding hydrogens is 297 g/mol.